The maximum Gasteiger partial charge on any atom is 0.331 e. The van der Waals surface area contributed by atoms with E-state index in [0.717, 1.165) is 22.9 Å². The molecular weight excluding hydrogens is 322 g/mol. The summed E-state index contributed by atoms with van der Waals surface area (Å²) >= 11 is 3.39. The quantitative estimate of drug-likeness (QED) is 0.663. The molecule has 106 valence electrons. The van der Waals surface area contributed by atoms with Crippen molar-refractivity contribution in [2.75, 3.05) is 0 Å². The second kappa shape index (κ2) is 6.70. The number of amides is 1. The first-order valence-electron chi connectivity index (χ1n) is 6.50. The Balaban J connectivity index is 1.85. The Kier molecular flexibility index (Phi) is 4.95. The zero-order chi connectivity index (χ0) is 14.5. The third-order valence-electron chi connectivity index (χ3n) is 2.89. The first kappa shape index (κ1) is 14.8. The molecule has 1 aromatic carbocycles. The molecule has 4 nitrogen and oxygen atoms in total. The Morgan fingerprint density at radius 2 is 2.10 bits per heavy atom. The number of benzene rings is 1. The molecule has 5 heteroatoms. The Morgan fingerprint density at radius 1 is 1.40 bits per heavy atom. The zero-order valence-corrected chi connectivity index (χ0v) is 12.7. The first-order valence-corrected chi connectivity index (χ1v) is 7.29. The van der Waals surface area contributed by atoms with Crippen LogP contribution in [0.25, 0.3) is 6.08 Å². The van der Waals surface area contributed by atoms with Crippen molar-refractivity contribution in [1.82, 2.24) is 5.32 Å². The van der Waals surface area contributed by atoms with E-state index in [1.165, 1.54) is 6.08 Å². The van der Waals surface area contributed by atoms with Gasteiger partial charge in [-0.2, -0.15) is 0 Å². The minimum absolute atomic E-state index is 0.241. The highest BCUT2D eigenvalue weighted by Crippen LogP contribution is 2.19. The Labute approximate surface area is 126 Å². The number of carbonyl (C=O) groups is 2. The van der Waals surface area contributed by atoms with Crippen molar-refractivity contribution in [2.24, 2.45) is 0 Å². The lowest BCUT2D eigenvalue weighted by Crippen LogP contribution is -2.36. The molecule has 20 heavy (non-hydrogen) atoms. The Morgan fingerprint density at radius 3 is 2.75 bits per heavy atom. The molecule has 1 amide bonds. The van der Waals surface area contributed by atoms with Crippen molar-refractivity contribution in [3.8, 4) is 0 Å². The van der Waals surface area contributed by atoms with Gasteiger partial charge in [-0.25, -0.2) is 4.79 Å². The van der Waals surface area contributed by atoms with Crippen molar-refractivity contribution < 1.29 is 14.3 Å². The summed E-state index contributed by atoms with van der Waals surface area (Å²) in [5.74, 6) is -0.769. The summed E-state index contributed by atoms with van der Waals surface area (Å²) < 4.78 is 5.94. The van der Waals surface area contributed by atoms with Gasteiger partial charge in [0.2, 0.25) is 0 Å². The molecule has 0 aromatic heterocycles. The number of halogens is 1. The van der Waals surface area contributed by atoms with Gasteiger partial charge in [-0.3, -0.25) is 4.79 Å². The summed E-state index contributed by atoms with van der Waals surface area (Å²) in [6.07, 6.45) is 4.22. The summed E-state index contributed by atoms with van der Waals surface area (Å²) in [6, 6.07) is 7.79. The fourth-order valence-corrected chi connectivity index (χ4v) is 2.00. The minimum Gasteiger partial charge on any atom is -0.449 e. The maximum absolute atomic E-state index is 11.6. The van der Waals surface area contributed by atoms with Gasteiger partial charge >= 0.3 is 5.97 Å². The van der Waals surface area contributed by atoms with Gasteiger partial charge in [0.05, 0.1) is 0 Å². The van der Waals surface area contributed by atoms with Crippen molar-refractivity contribution in [1.29, 1.82) is 0 Å². The van der Waals surface area contributed by atoms with E-state index in [1.807, 2.05) is 24.3 Å². The van der Waals surface area contributed by atoms with E-state index < -0.39 is 12.1 Å². The lowest BCUT2D eigenvalue weighted by molar-refractivity contribution is -0.150. The summed E-state index contributed by atoms with van der Waals surface area (Å²) in [5, 5.41) is 2.79. The zero-order valence-electron chi connectivity index (χ0n) is 11.1. The highest BCUT2D eigenvalue weighted by Gasteiger charge is 2.26. The van der Waals surface area contributed by atoms with Gasteiger partial charge in [0, 0.05) is 16.6 Å². The van der Waals surface area contributed by atoms with Gasteiger partial charge in [0.1, 0.15) is 0 Å². The third kappa shape index (κ3) is 4.49. The smallest absolute Gasteiger partial charge is 0.331 e. The van der Waals surface area contributed by atoms with Gasteiger partial charge in [-0.05, 0) is 37.5 Å². The molecule has 0 bridgehead atoms. The van der Waals surface area contributed by atoms with Crippen LogP contribution in [-0.2, 0) is 14.3 Å². The van der Waals surface area contributed by atoms with Crippen LogP contribution in [0.15, 0.2) is 34.8 Å². The number of rotatable bonds is 5. The van der Waals surface area contributed by atoms with E-state index in [9.17, 15) is 9.59 Å². The van der Waals surface area contributed by atoms with Crippen LogP contribution in [0.2, 0.25) is 0 Å². The van der Waals surface area contributed by atoms with Gasteiger partial charge in [-0.15, -0.1) is 0 Å². The molecule has 1 aromatic rings. The highest BCUT2D eigenvalue weighted by atomic mass is 79.9. The van der Waals surface area contributed by atoms with Crippen molar-refractivity contribution in [2.45, 2.75) is 31.9 Å². The Hall–Kier alpha value is -1.62. The molecule has 1 aliphatic rings. The van der Waals surface area contributed by atoms with Gasteiger partial charge in [0.15, 0.2) is 6.10 Å². The van der Waals surface area contributed by atoms with Gasteiger partial charge in [0.25, 0.3) is 5.91 Å². The molecule has 2 rings (SSSR count). The van der Waals surface area contributed by atoms with Crippen LogP contribution < -0.4 is 5.32 Å². The Bertz CT molecular complexity index is 538. The number of esters is 1. The molecule has 0 unspecified atom stereocenters. The minimum atomic E-state index is -0.771. The SMILES string of the molecule is C[C@H](OC(=O)/C=C/c1ccccc1Br)C(=O)NC1CC1. The fourth-order valence-electron chi connectivity index (χ4n) is 1.58. The molecule has 1 atom stereocenters. The van der Waals surface area contributed by atoms with E-state index in [0.29, 0.717) is 0 Å². The summed E-state index contributed by atoms with van der Waals surface area (Å²) in [4.78, 5) is 23.3. The second-order valence-corrected chi connectivity index (χ2v) is 5.57. The highest BCUT2D eigenvalue weighted by molar-refractivity contribution is 9.10. The van der Waals surface area contributed by atoms with Crippen LogP contribution >= 0.6 is 15.9 Å². The first-order chi connectivity index (χ1) is 9.56. The number of hydrogen-bond acceptors (Lipinski definition) is 3. The lowest BCUT2D eigenvalue weighted by atomic mass is 10.2. The van der Waals surface area contributed by atoms with Crippen LogP contribution in [0.3, 0.4) is 0 Å². The number of nitrogens with one attached hydrogen (secondary N) is 1. The molecule has 0 aliphatic heterocycles. The molecule has 1 N–H and O–H groups in total. The predicted octanol–water partition coefficient (Wildman–Crippen LogP) is 2.67. The molecule has 0 heterocycles. The average molecular weight is 338 g/mol. The molecule has 1 aliphatic carbocycles. The van der Waals surface area contributed by atoms with Crippen molar-refractivity contribution >= 4 is 33.9 Å². The molecule has 0 radical (unpaired) electrons. The van der Waals surface area contributed by atoms with Crippen LogP contribution in [0.5, 0.6) is 0 Å². The fraction of sp³-hybridized carbons (Fsp3) is 0.333. The molecule has 0 saturated heterocycles. The topological polar surface area (TPSA) is 55.4 Å². The molecule has 1 saturated carbocycles. The number of hydrogen-bond donors (Lipinski definition) is 1. The second-order valence-electron chi connectivity index (χ2n) is 4.72. The van der Waals surface area contributed by atoms with E-state index in [-0.39, 0.29) is 11.9 Å². The summed E-state index contributed by atoms with van der Waals surface area (Å²) in [6.45, 7) is 1.57. The average Bonchev–Trinajstić information content (AvgIpc) is 3.21. The lowest BCUT2D eigenvalue weighted by Gasteiger charge is -2.11. The maximum atomic E-state index is 11.6. The largest absolute Gasteiger partial charge is 0.449 e. The molecule has 1 fully saturated rings. The van der Waals surface area contributed by atoms with E-state index in [4.69, 9.17) is 4.74 Å². The summed E-state index contributed by atoms with van der Waals surface area (Å²) in [5.41, 5.74) is 0.875. The van der Waals surface area contributed by atoms with Crippen molar-refractivity contribution in [3.63, 3.8) is 0 Å². The normalized spacial score (nSPS) is 15.9. The summed E-state index contributed by atoms with van der Waals surface area (Å²) in [7, 11) is 0. The van der Waals surface area contributed by atoms with Crippen LogP contribution in [0.1, 0.15) is 25.3 Å². The van der Waals surface area contributed by atoms with Crippen LogP contribution in [-0.4, -0.2) is 24.0 Å². The standard InChI is InChI=1S/C15H16BrNO3/c1-10(15(19)17-12-7-8-12)20-14(18)9-6-11-4-2-3-5-13(11)16/h2-6,9-10,12H,7-8H2,1H3,(H,17,19)/b9-6+/t10-/m0/s1. The van der Waals surface area contributed by atoms with Crippen LogP contribution in [0.4, 0.5) is 0 Å². The van der Waals surface area contributed by atoms with Gasteiger partial charge in [-0.1, -0.05) is 34.1 Å². The van der Waals surface area contributed by atoms with E-state index in [2.05, 4.69) is 21.2 Å². The monoisotopic (exact) mass is 337 g/mol. The van der Waals surface area contributed by atoms with E-state index >= 15 is 0 Å². The predicted molar refractivity (Wildman–Crippen MR) is 79.9 cm³/mol. The van der Waals surface area contributed by atoms with Crippen molar-refractivity contribution in [3.05, 3.63) is 40.4 Å². The number of carbonyl (C=O) groups excluding carboxylic acids is 2. The van der Waals surface area contributed by atoms with Crippen LogP contribution in [0, 0.1) is 0 Å². The molecule has 0 spiro atoms. The van der Waals surface area contributed by atoms with E-state index in [1.54, 1.807) is 13.0 Å². The third-order valence-corrected chi connectivity index (χ3v) is 3.61. The van der Waals surface area contributed by atoms with Gasteiger partial charge < -0.3 is 10.1 Å². The number of ether oxygens (including phenoxy) is 1. The molecular formula is C15H16BrNO3.